The van der Waals surface area contributed by atoms with Crippen molar-refractivity contribution in [1.82, 2.24) is 4.90 Å². The molecule has 2 aromatic heterocycles. The van der Waals surface area contributed by atoms with Crippen LogP contribution in [-0.2, 0) is 19.5 Å². The molecule has 3 heterocycles. The van der Waals surface area contributed by atoms with Crippen LogP contribution < -0.4 is 5.73 Å². The molecule has 0 aliphatic carbocycles. The van der Waals surface area contributed by atoms with Gasteiger partial charge in [-0.25, -0.2) is 0 Å². The van der Waals surface area contributed by atoms with Gasteiger partial charge in [0.05, 0.1) is 6.54 Å². The summed E-state index contributed by atoms with van der Waals surface area (Å²) in [7, 11) is 0. The highest BCUT2D eigenvalue weighted by Gasteiger charge is 2.25. The first-order valence-corrected chi connectivity index (χ1v) is 7.65. The van der Waals surface area contributed by atoms with Gasteiger partial charge >= 0.3 is 0 Å². The molecule has 4 heteroatoms. The van der Waals surface area contributed by atoms with Crippen LogP contribution in [0.4, 0.5) is 0 Å². The first kappa shape index (κ1) is 12.9. The summed E-state index contributed by atoms with van der Waals surface area (Å²) >= 11 is 1.88. The molecular formula is C15H20N2OS. The van der Waals surface area contributed by atoms with Gasteiger partial charge in [-0.3, -0.25) is 4.90 Å². The summed E-state index contributed by atoms with van der Waals surface area (Å²) in [5, 5.41) is 2.20. The van der Waals surface area contributed by atoms with Crippen molar-refractivity contribution >= 4 is 11.3 Å². The minimum Gasteiger partial charge on any atom is -0.465 e. The molecule has 1 aliphatic heterocycles. The number of thiophene rings is 1. The van der Waals surface area contributed by atoms with Gasteiger partial charge in [-0.2, -0.15) is 0 Å². The summed E-state index contributed by atoms with van der Waals surface area (Å²) in [5.74, 6) is 1.99. The molecule has 0 fully saturated rings. The Morgan fingerprint density at radius 2 is 2.37 bits per heavy atom. The Bertz CT molecular complexity index is 572. The second-order valence-electron chi connectivity index (χ2n) is 5.19. The second-order valence-corrected chi connectivity index (χ2v) is 6.19. The van der Waals surface area contributed by atoms with Crippen molar-refractivity contribution in [2.45, 2.75) is 39.4 Å². The third-order valence-corrected chi connectivity index (χ3v) is 5.05. The standard InChI is InChI=1S/C15H20N2OS/c1-10-14-4-6-19-15(14)3-5-17(10)9-13-7-12(8-16)11(2)18-13/h4,6-7,10H,3,5,8-9,16H2,1-2H3. The van der Waals surface area contributed by atoms with E-state index in [4.69, 9.17) is 10.2 Å². The normalized spacial score (nSPS) is 19.6. The van der Waals surface area contributed by atoms with Crippen LogP contribution in [0, 0.1) is 6.92 Å². The highest BCUT2D eigenvalue weighted by molar-refractivity contribution is 7.10. The smallest absolute Gasteiger partial charge is 0.118 e. The van der Waals surface area contributed by atoms with E-state index >= 15 is 0 Å². The first-order chi connectivity index (χ1) is 9.19. The Hall–Kier alpha value is -1.10. The monoisotopic (exact) mass is 276 g/mol. The second kappa shape index (κ2) is 5.12. The maximum Gasteiger partial charge on any atom is 0.118 e. The summed E-state index contributed by atoms with van der Waals surface area (Å²) < 4.78 is 5.81. The van der Waals surface area contributed by atoms with Gasteiger partial charge in [0.2, 0.25) is 0 Å². The largest absolute Gasteiger partial charge is 0.465 e. The number of fused-ring (bicyclic) bond motifs is 1. The predicted octanol–water partition coefficient (Wildman–Crippen LogP) is 3.23. The summed E-state index contributed by atoms with van der Waals surface area (Å²) in [5.41, 5.74) is 8.31. The third-order valence-electron chi connectivity index (χ3n) is 4.05. The van der Waals surface area contributed by atoms with Gasteiger partial charge in [0.15, 0.2) is 0 Å². The lowest BCUT2D eigenvalue weighted by Gasteiger charge is -2.32. The van der Waals surface area contributed by atoms with E-state index in [0.29, 0.717) is 12.6 Å². The van der Waals surface area contributed by atoms with Crippen molar-refractivity contribution < 1.29 is 4.42 Å². The van der Waals surface area contributed by atoms with Gasteiger partial charge < -0.3 is 10.2 Å². The van der Waals surface area contributed by atoms with Gasteiger partial charge in [0, 0.05) is 29.6 Å². The predicted molar refractivity (Wildman–Crippen MR) is 78.2 cm³/mol. The minimum atomic E-state index is 0.474. The minimum absolute atomic E-state index is 0.474. The van der Waals surface area contributed by atoms with Crippen LogP contribution in [0.5, 0.6) is 0 Å². The molecule has 0 amide bonds. The maximum atomic E-state index is 5.81. The highest BCUT2D eigenvalue weighted by Crippen LogP contribution is 2.33. The molecule has 0 bridgehead atoms. The summed E-state index contributed by atoms with van der Waals surface area (Å²) in [6, 6.07) is 4.84. The van der Waals surface area contributed by atoms with Gasteiger partial charge in [-0.1, -0.05) is 0 Å². The number of nitrogens with zero attached hydrogens (tertiary/aromatic N) is 1. The summed E-state index contributed by atoms with van der Waals surface area (Å²) in [6.07, 6.45) is 1.15. The quantitative estimate of drug-likeness (QED) is 0.936. The summed E-state index contributed by atoms with van der Waals surface area (Å²) in [6.45, 7) is 6.80. The van der Waals surface area contributed by atoms with Crippen LogP contribution in [0.25, 0.3) is 0 Å². The van der Waals surface area contributed by atoms with E-state index in [1.54, 1.807) is 4.88 Å². The molecule has 0 saturated heterocycles. The van der Waals surface area contributed by atoms with Crippen LogP contribution in [0.1, 0.15) is 40.5 Å². The van der Waals surface area contributed by atoms with Gasteiger partial charge in [-0.15, -0.1) is 11.3 Å². The van der Waals surface area contributed by atoms with E-state index in [0.717, 1.165) is 36.6 Å². The molecule has 3 nitrogen and oxygen atoms in total. The lowest BCUT2D eigenvalue weighted by atomic mass is 10.0. The zero-order valence-corrected chi connectivity index (χ0v) is 12.3. The fourth-order valence-corrected chi connectivity index (χ4v) is 3.81. The van der Waals surface area contributed by atoms with Crippen molar-refractivity contribution in [3.05, 3.63) is 45.0 Å². The van der Waals surface area contributed by atoms with Crippen molar-refractivity contribution in [1.29, 1.82) is 0 Å². The number of aryl methyl sites for hydroxylation is 1. The van der Waals surface area contributed by atoms with Crippen LogP contribution >= 0.6 is 11.3 Å². The average molecular weight is 276 g/mol. The lowest BCUT2D eigenvalue weighted by molar-refractivity contribution is 0.176. The van der Waals surface area contributed by atoms with Crippen molar-refractivity contribution in [2.75, 3.05) is 6.54 Å². The van der Waals surface area contributed by atoms with Crippen molar-refractivity contribution in [3.63, 3.8) is 0 Å². The molecule has 0 saturated carbocycles. The molecule has 102 valence electrons. The van der Waals surface area contributed by atoms with E-state index in [9.17, 15) is 0 Å². The number of rotatable bonds is 3. The number of nitrogens with two attached hydrogens (primary N) is 1. The first-order valence-electron chi connectivity index (χ1n) is 6.77. The third kappa shape index (κ3) is 2.36. The van der Waals surface area contributed by atoms with Crippen LogP contribution in [0.2, 0.25) is 0 Å². The molecule has 19 heavy (non-hydrogen) atoms. The molecular weight excluding hydrogens is 256 g/mol. The van der Waals surface area contributed by atoms with E-state index in [1.165, 1.54) is 5.56 Å². The molecule has 2 aromatic rings. The van der Waals surface area contributed by atoms with Crippen molar-refractivity contribution in [2.24, 2.45) is 5.73 Å². The van der Waals surface area contributed by atoms with Crippen LogP contribution in [-0.4, -0.2) is 11.4 Å². The molecule has 0 radical (unpaired) electrons. The van der Waals surface area contributed by atoms with Crippen LogP contribution in [0.15, 0.2) is 21.9 Å². The highest BCUT2D eigenvalue weighted by atomic mass is 32.1. The maximum absolute atomic E-state index is 5.81. The zero-order chi connectivity index (χ0) is 13.4. The van der Waals surface area contributed by atoms with Crippen molar-refractivity contribution in [3.8, 4) is 0 Å². The van der Waals surface area contributed by atoms with Gasteiger partial charge in [0.25, 0.3) is 0 Å². The number of hydrogen-bond donors (Lipinski definition) is 1. The zero-order valence-electron chi connectivity index (χ0n) is 11.5. The van der Waals surface area contributed by atoms with Gasteiger partial charge in [0.1, 0.15) is 11.5 Å². The Morgan fingerprint density at radius 1 is 1.53 bits per heavy atom. The van der Waals surface area contributed by atoms with E-state index in [2.05, 4.69) is 29.3 Å². The molecule has 0 spiro atoms. The average Bonchev–Trinajstić information content (AvgIpc) is 2.99. The Labute approximate surface area is 118 Å². The van der Waals surface area contributed by atoms with E-state index in [1.807, 2.05) is 18.3 Å². The molecule has 1 atom stereocenters. The molecule has 2 N–H and O–H groups in total. The lowest BCUT2D eigenvalue weighted by Crippen LogP contribution is -2.32. The number of hydrogen-bond acceptors (Lipinski definition) is 4. The fraction of sp³-hybridized carbons (Fsp3) is 0.467. The molecule has 1 unspecified atom stereocenters. The van der Waals surface area contributed by atoms with Crippen LogP contribution in [0.3, 0.4) is 0 Å². The Kier molecular flexibility index (Phi) is 3.48. The SMILES string of the molecule is Cc1oc(CN2CCc3sccc3C2C)cc1CN. The van der Waals surface area contributed by atoms with E-state index in [-0.39, 0.29) is 0 Å². The number of furan rings is 1. The fourth-order valence-electron chi connectivity index (χ4n) is 2.85. The Balaban J connectivity index is 1.77. The van der Waals surface area contributed by atoms with E-state index < -0.39 is 0 Å². The molecule has 1 aliphatic rings. The molecule has 3 rings (SSSR count). The topological polar surface area (TPSA) is 42.4 Å². The Morgan fingerprint density at radius 3 is 3.11 bits per heavy atom. The molecule has 0 aromatic carbocycles. The van der Waals surface area contributed by atoms with Gasteiger partial charge in [-0.05, 0) is 43.3 Å². The summed E-state index contributed by atoms with van der Waals surface area (Å²) in [4.78, 5) is 4.02.